The van der Waals surface area contributed by atoms with Crippen molar-refractivity contribution in [2.45, 2.75) is 6.42 Å². The van der Waals surface area contributed by atoms with Crippen LogP contribution in [0.5, 0.6) is 0 Å². The zero-order valence-corrected chi connectivity index (χ0v) is 17.9. The maximum absolute atomic E-state index is 14.5. The smallest absolute Gasteiger partial charge is 0.261 e. The molecule has 2 heterocycles. The van der Waals surface area contributed by atoms with Crippen LogP contribution in [0.25, 0.3) is 11.5 Å². The van der Waals surface area contributed by atoms with Gasteiger partial charge < -0.3 is 20.9 Å². The number of anilines is 1. The van der Waals surface area contributed by atoms with Gasteiger partial charge in [-0.05, 0) is 42.5 Å². The van der Waals surface area contributed by atoms with Crippen LogP contribution < -0.4 is 16.4 Å². The Morgan fingerprint density at radius 3 is 2.47 bits per heavy atom. The first-order chi connectivity index (χ1) is 16.4. The standard InChI is InChI=1S/C24H21FN6O3/c25-19-8-1-2-9-20(19)31-24(30-12-3-4-13-30)18(15-28-31)23(34)29-17-7-5-6-16(14-17)22(33)27-11-10-21(26)32/h1-9,12-15H,10-11H2,(H2,26,32)(H,27,33)(H,29,34). The lowest BCUT2D eigenvalue weighted by molar-refractivity contribution is -0.117. The molecule has 2 aromatic carbocycles. The highest BCUT2D eigenvalue weighted by atomic mass is 19.1. The van der Waals surface area contributed by atoms with Gasteiger partial charge in [-0.1, -0.05) is 18.2 Å². The number of benzene rings is 2. The van der Waals surface area contributed by atoms with Crippen molar-refractivity contribution in [1.82, 2.24) is 19.7 Å². The zero-order valence-electron chi connectivity index (χ0n) is 17.9. The molecule has 0 saturated heterocycles. The SMILES string of the molecule is NC(=O)CCNC(=O)c1cccc(NC(=O)c2cnn(-c3ccccc3F)c2-n2cccc2)c1. The molecule has 0 aliphatic heterocycles. The minimum atomic E-state index is -0.518. The number of nitrogens with zero attached hydrogens (tertiary/aromatic N) is 3. The van der Waals surface area contributed by atoms with Gasteiger partial charge in [-0.2, -0.15) is 5.10 Å². The van der Waals surface area contributed by atoms with Gasteiger partial charge in [0, 0.05) is 36.6 Å². The van der Waals surface area contributed by atoms with Gasteiger partial charge in [-0.25, -0.2) is 9.07 Å². The van der Waals surface area contributed by atoms with E-state index in [9.17, 15) is 18.8 Å². The summed E-state index contributed by atoms with van der Waals surface area (Å²) in [5.41, 5.74) is 6.16. The molecule has 9 nitrogen and oxygen atoms in total. The normalized spacial score (nSPS) is 10.6. The molecule has 4 rings (SSSR count). The molecule has 0 radical (unpaired) electrons. The number of halogens is 1. The van der Waals surface area contributed by atoms with Gasteiger partial charge in [0.05, 0.1) is 6.20 Å². The van der Waals surface area contributed by atoms with Crippen molar-refractivity contribution in [1.29, 1.82) is 0 Å². The predicted octanol–water partition coefficient (Wildman–Crippen LogP) is 2.66. The summed E-state index contributed by atoms with van der Waals surface area (Å²) in [6.45, 7) is 0.111. The van der Waals surface area contributed by atoms with Crippen molar-refractivity contribution in [3.8, 4) is 11.5 Å². The Morgan fingerprint density at radius 1 is 0.971 bits per heavy atom. The summed E-state index contributed by atoms with van der Waals surface area (Å²) in [5, 5.41) is 9.60. The quantitative estimate of drug-likeness (QED) is 0.374. The Labute approximate surface area is 194 Å². The fraction of sp³-hybridized carbons (Fsp3) is 0.0833. The van der Waals surface area contributed by atoms with Crippen molar-refractivity contribution < 1.29 is 18.8 Å². The number of hydrogen-bond acceptors (Lipinski definition) is 4. The molecule has 0 unspecified atom stereocenters. The summed E-state index contributed by atoms with van der Waals surface area (Å²) in [6.07, 6.45) is 4.83. The Bertz CT molecular complexity index is 1350. The molecule has 3 amide bonds. The van der Waals surface area contributed by atoms with Crippen LogP contribution in [0.2, 0.25) is 0 Å². The van der Waals surface area contributed by atoms with Crippen LogP contribution in [-0.2, 0) is 4.79 Å². The summed E-state index contributed by atoms with van der Waals surface area (Å²) in [4.78, 5) is 36.3. The van der Waals surface area contributed by atoms with Gasteiger partial charge in [0.1, 0.15) is 17.1 Å². The van der Waals surface area contributed by atoms with Crippen LogP contribution in [0.15, 0.2) is 79.3 Å². The Hall–Kier alpha value is -4.73. The fourth-order valence-electron chi connectivity index (χ4n) is 3.36. The summed E-state index contributed by atoms with van der Waals surface area (Å²) < 4.78 is 17.5. The summed E-state index contributed by atoms with van der Waals surface area (Å²) in [5.74, 6) is -1.54. The second-order valence-corrected chi connectivity index (χ2v) is 7.34. The van der Waals surface area contributed by atoms with Crippen molar-refractivity contribution in [2.75, 3.05) is 11.9 Å². The predicted molar refractivity (Wildman–Crippen MR) is 123 cm³/mol. The lowest BCUT2D eigenvalue weighted by atomic mass is 10.1. The third-order valence-electron chi connectivity index (χ3n) is 4.96. The number of nitrogens with one attached hydrogen (secondary N) is 2. The van der Waals surface area contributed by atoms with Gasteiger partial charge in [0.2, 0.25) is 5.91 Å². The Morgan fingerprint density at radius 2 is 1.74 bits per heavy atom. The van der Waals surface area contributed by atoms with E-state index in [1.807, 2.05) is 0 Å². The highest BCUT2D eigenvalue weighted by Gasteiger charge is 2.21. The first-order valence-corrected chi connectivity index (χ1v) is 10.4. The molecule has 0 atom stereocenters. The largest absolute Gasteiger partial charge is 0.370 e. The first-order valence-electron chi connectivity index (χ1n) is 10.4. The molecule has 4 N–H and O–H groups in total. The lowest BCUT2D eigenvalue weighted by Gasteiger charge is -2.12. The van der Waals surface area contributed by atoms with Gasteiger partial charge in [0.15, 0.2) is 5.82 Å². The third-order valence-corrected chi connectivity index (χ3v) is 4.96. The van der Waals surface area contributed by atoms with E-state index in [-0.39, 0.29) is 24.2 Å². The minimum Gasteiger partial charge on any atom is -0.370 e. The van der Waals surface area contributed by atoms with Gasteiger partial charge in [-0.3, -0.25) is 14.4 Å². The molecule has 172 valence electrons. The number of para-hydroxylation sites is 1. The topological polar surface area (TPSA) is 124 Å². The molecule has 2 aromatic heterocycles. The van der Waals surface area contributed by atoms with Crippen molar-refractivity contribution in [2.24, 2.45) is 5.73 Å². The molecule has 34 heavy (non-hydrogen) atoms. The number of amides is 3. The van der Waals surface area contributed by atoms with Crippen LogP contribution >= 0.6 is 0 Å². The van der Waals surface area contributed by atoms with E-state index in [1.54, 1.807) is 65.5 Å². The number of carbonyl (C=O) groups is 3. The highest BCUT2D eigenvalue weighted by molar-refractivity contribution is 6.07. The zero-order chi connectivity index (χ0) is 24.1. The average molecular weight is 460 g/mol. The maximum atomic E-state index is 14.5. The molecule has 0 aliphatic carbocycles. The van der Waals surface area contributed by atoms with Crippen LogP contribution in [-0.4, -0.2) is 38.6 Å². The third kappa shape index (κ3) is 4.85. The summed E-state index contributed by atoms with van der Waals surface area (Å²) >= 11 is 0. The van der Waals surface area contributed by atoms with Crippen molar-refractivity contribution in [3.63, 3.8) is 0 Å². The molecule has 0 spiro atoms. The van der Waals surface area contributed by atoms with E-state index in [1.165, 1.54) is 23.0 Å². The molecule has 0 fully saturated rings. The number of rotatable bonds is 8. The van der Waals surface area contributed by atoms with E-state index in [4.69, 9.17) is 5.73 Å². The van der Waals surface area contributed by atoms with E-state index in [2.05, 4.69) is 15.7 Å². The number of carbonyl (C=O) groups excluding carboxylic acids is 3. The number of aromatic nitrogens is 3. The number of hydrogen-bond donors (Lipinski definition) is 3. The molecular formula is C24H21FN6O3. The average Bonchev–Trinajstić information content (AvgIpc) is 3.49. The second-order valence-electron chi connectivity index (χ2n) is 7.34. The number of primary amides is 1. The van der Waals surface area contributed by atoms with Crippen LogP contribution in [0.3, 0.4) is 0 Å². The van der Waals surface area contributed by atoms with E-state index in [0.717, 1.165) is 0 Å². The summed E-state index contributed by atoms with van der Waals surface area (Å²) in [7, 11) is 0. The van der Waals surface area contributed by atoms with Gasteiger partial charge in [-0.15, -0.1) is 0 Å². The minimum absolute atomic E-state index is 0.0241. The van der Waals surface area contributed by atoms with E-state index < -0.39 is 23.5 Å². The van der Waals surface area contributed by atoms with Crippen LogP contribution in [0, 0.1) is 5.82 Å². The number of nitrogens with two attached hydrogens (primary N) is 1. The first kappa shape index (κ1) is 22.5. The van der Waals surface area contributed by atoms with Crippen LogP contribution in [0.1, 0.15) is 27.1 Å². The van der Waals surface area contributed by atoms with Gasteiger partial charge in [0.25, 0.3) is 11.8 Å². The molecule has 0 aliphatic rings. The molecule has 4 aromatic rings. The van der Waals surface area contributed by atoms with Gasteiger partial charge >= 0.3 is 0 Å². The van der Waals surface area contributed by atoms with Crippen molar-refractivity contribution >= 4 is 23.4 Å². The second kappa shape index (κ2) is 9.82. The fourth-order valence-corrected chi connectivity index (χ4v) is 3.36. The van der Waals surface area contributed by atoms with E-state index >= 15 is 0 Å². The maximum Gasteiger partial charge on any atom is 0.261 e. The monoisotopic (exact) mass is 460 g/mol. The summed E-state index contributed by atoms with van der Waals surface area (Å²) in [6, 6.07) is 16.0. The molecule has 0 bridgehead atoms. The lowest BCUT2D eigenvalue weighted by Crippen LogP contribution is -2.27. The van der Waals surface area contributed by atoms with Crippen molar-refractivity contribution in [3.05, 3.63) is 96.2 Å². The highest BCUT2D eigenvalue weighted by Crippen LogP contribution is 2.23. The Balaban J connectivity index is 1.60. The molecule has 0 saturated carbocycles. The molecular weight excluding hydrogens is 439 g/mol. The molecule has 10 heteroatoms. The van der Waals surface area contributed by atoms with Crippen LogP contribution in [0.4, 0.5) is 10.1 Å². The Kier molecular flexibility index (Phi) is 6.49. The van der Waals surface area contributed by atoms with E-state index in [0.29, 0.717) is 17.1 Å².